The fourth-order valence-electron chi connectivity index (χ4n) is 3.57. The van der Waals surface area contributed by atoms with Crippen LogP contribution in [0.4, 0.5) is 4.39 Å². The van der Waals surface area contributed by atoms with Crippen LogP contribution in [0.25, 0.3) is 0 Å². The third-order valence-electron chi connectivity index (χ3n) is 5.28. The zero-order valence-corrected chi connectivity index (χ0v) is 17.3. The Morgan fingerprint density at radius 3 is 2.69 bits per heavy atom. The first-order valence-electron chi connectivity index (χ1n) is 10.2. The maximum atomic E-state index is 13.1. The molecular weight excluding hydrogens is 415 g/mol. The van der Waals surface area contributed by atoms with Crippen molar-refractivity contribution in [3.8, 4) is 5.75 Å². The van der Waals surface area contributed by atoms with E-state index in [1.54, 1.807) is 0 Å². The van der Waals surface area contributed by atoms with Gasteiger partial charge in [0.25, 0.3) is 11.5 Å². The molecule has 1 aliphatic heterocycles. The van der Waals surface area contributed by atoms with Gasteiger partial charge in [-0.05, 0) is 23.3 Å². The van der Waals surface area contributed by atoms with E-state index in [0.29, 0.717) is 25.3 Å². The third-order valence-corrected chi connectivity index (χ3v) is 5.28. The summed E-state index contributed by atoms with van der Waals surface area (Å²) in [6.07, 6.45) is 0. The number of halogens is 1. The van der Waals surface area contributed by atoms with Crippen LogP contribution in [-0.2, 0) is 17.8 Å². The molecule has 0 bridgehead atoms. The number of nitrogens with zero attached hydrogens (tertiary/aromatic N) is 2. The lowest BCUT2D eigenvalue weighted by atomic mass is 10.1. The van der Waals surface area contributed by atoms with Gasteiger partial charge in [0.05, 0.1) is 19.3 Å². The molecule has 1 saturated heterocycles. The number of benzene rings is 2. The number of aromatic nitrogens is 2. The molecule has 0 saturated carbocycles. The van der Waals surface area contributed by atoms with E-state index < -0.39 is 17.2 Å². The van der Waals surface area contributed by atoms with Gasteiger partial charge in [-0.1, -0.05) is 42.5 Å². The van der Waals surface area contributed by atoms with Gasteiger partial charge >= 0.3 is 0 Å². The molecule has 3 aromatic rings. The van der Waals surface area contributed by atoms with E-state index in [9.17, 15) is 19.1 Å². The molecule has 0 aliphatic carbocycles. The molecule has 1 amide bonds. The van der Waals surface area contributed by atoms with Crippen LogP contribution in [0, 0.1) is 5.82 Å². The Morgan fingerprint density at radius 2 is 1.94 bits per heavy atom. The van der Waals surface area contributed by atoms with Crippen molar-refractivity contribution in [2.75, 3.05) is 19.8 Å². The van der Waals surface area contributed by atoms with Crippen molar-refractivity contribution in [1.29, 1.82) is 0 Å². The molecule has 8 nitrogen and oxygen atoms in total. The summed E-state index contributed by atoms with van der Waals surface area (Å²) in [6, 6.07) is 15.1. The van der Waals surface area contributed by atoms with Crippen LogP contribution in [0.3, 0.4) is 0 Å². The molecule has 3 N–H and O–H groups in total. The zero-order valence-electron chi connectivity index (χ0n) is 17.3. The first-order valence-corrected chi connectivity index (χ1v) is 10.2. The van der Waals surface area contributed by atoms with Crippen molar-refractivity contribution in [3.05, 3.63) is 93.4 Å². The SMILES string of the molecule is O=C(NCc1ccc(F)cc1)c1nc(C2COCCN2Cc2ccccc2)[nH]c(=O)c1O. The first kappa shape index (κ1) is 21.7. The fraction of sp³-hybridized carbons (Fsp3) is 0.261. The number of ether oxygens (including phenoxy) is 1. The number of rotatable bonds is 6. The Kier molecular flexibility index (Phi) is 6.58. The van der Waals surface area contributed by atoms with Gasteiger partial charge in [-0.3, -0.25) is 14.5 Å². The molecule has 1 unspecified atom stereocenters. The number of aromatic hydroxyl groups is 1. The van der Waals surface area contributed by atoms with Gasteiger partial charge in [0.1, 0.15) is 11.6 Å². The van der Waals surface area contributed by atoms with Crippen LogP contribution in [0.1, 0.15) is 33.5 Å². The highest BCUT2D eigenvalue weighted by molar-refractivity contribution is 5.94. The highest BCUT2D eigenvalue weighted by Crippen LogP contribution is 2.24. The van der Waals surface area contributed by atoms with E-state index in [-0.39, 0.29) is 36.5 Å². The van der Waals surface area contributed by atoms with Crippen molar-refractivity contribution in [1.82, 2.24) is 20.2 Å². The van der Waals surface area contributed by atoms with Crippen LogP contribution in [0.5, 0.6) is 5.75 Å². The fourth-order valence-corrected chi connectivity index (χ4v) is 3.57. The predicted octanol–water partition coefficient (Wildman–Crippen LogP) is 2.12. The molecule has 2 aromatic carbocycles. The van der Waals surface area contributed by atoms with Gasteiger partial charge < -0.3 is 20.1 Å². The van der Waals surface area contributed by atoms with Crippen LogP contribution in [0.2, 0.25) is 0 Å². The van der Waals surface area contributed by atoms with Crippen molar-refractivity contribution in [2.45, 2.75) is 19.1 Å². The quantitative estimate of drug-likeness (QED) is 0.544. The summed E-state index contributed by atoms with van der Waals surface area (Å²) in [5, 5.41) is 12.8. The van der Waals surface area contributed by atoms with Crippen LogP contribution in [0.15, 0.2) is 59.4 Å². The van der Waals surface area contributed by atoms with Gasteiger partial charge in [0.2, 0.25) is 5.75 Å². The summed E-state index contributed by atoms with van der Waals surface area (Å²) in [5.41, 5.74) is 0.597. The molecule has 4 rings (SSSR count). The summed E-state index contributed by atoms with van der Waals surface area (Å²) in [5.74, 6) is -1.59. The maximum Gasteiger partial charge on any atom is 0.293 e. The number of aromatic amines is 1. The number of carbonyl (C=O) groups is 1. The van der Waals surface area contributed by atoms with E-state index >= 15 is 0 Å². The van der Waals surface area contributed by atoms with Gasteiger partial charge in [0.15, 0.2) is 5.69 Å². The largest absolute Gasteiger partial charge is 0.501 e. The van der Waals surface area contributed by atoms with Crippen LogP contribution in [-0.4, -0.2) is 45.6 Å². The topological polar surface area (TPSA) is 108 Å². The number of nitrogens with one attached hydrogen (secondary N) is 2. The second kappa shape index (κ2) is 9.71. The van der Waals surface area contributed by atoms with Crippen molar-refractivity contribution in [3.63, 3.8) is 0 Å². The molecule has 9 heteroatoms. The summed E-state index contributed by atoms with van der Waals surface area (Å²) in [6.45, 7) is 2.16. The Hall–Kier alpha value is -3.56. The van der Waals surface area contributed by atoms with Crippen molar-refractivity contribution < 1.29 is 19.0 Å². The summed E-state index contributed by atoms with van der Waals surface area (Å²) >= 11 is 0. The Balaban J connectivity index is 1.55. The molecule has 0 spiro atoms. The lowest BCUT2D eigenvalue weighted by molar-refractivity contribution is -0.0161. The number of morpholine rings is 1. The zero-order chi connectivity index (χ0) is 22.5. The molecule has 1 fully saturated rings. The molecule has 0 radical (unpaired) electrons. The summed E-state index contributed by atoms with van der Waals surface area (Å²) < 4.78 is 18.6. The average molecular weight is 438 g/mol. The minimum absolute atomic E-state index is 0.0923. The highest BCUT2D eigenvalue weighted by atomic mass is 19.1. The van der Waals surface area contributed by atoms with Gasteiger partial charge in [-0.25, -0.2) is 9.37 Å². The third kappa shape index (κ3) is 5.01. The lowest BCUT2D eigenvalue weighted by Gasteiger charge is -2.34. The Bertz CT molecular complexity index is 1130. The van der Waals surface area contributed by atoms with Crippen LogP contribution >= 0.6 is 0 Å². The minimum Gasteiger partial charge on any atom is -0.501 e. The smallest absolute Gasteiger partial charge is 0.293 e. The first-order chi connectivity index (χ1) is 15.5. The summed E-state index contributed by atoms with van der Waals surface area (Å²) in [7, 11) is 0. The van der Waals surface area contributed by atoms with Crippen LogP contribution < -0.4 is 10.9 Å². The van der Waals surface area contributed by atoms with Gasteiger partial charge in [0, 0.05) is 19.6 Å². The number of H-pyrrole nitrogens is 1. The number of hydrogen-bond acceptors (Lipinski definition) is 6. The van der Waals surface area contributed by atoms with Gasteiger partial charge in [-0.2, -0.15) is 0 Å². The second-order valence-electron chi connectivity index (χ2n) is 7.50. The van der Waals surface area contributed by atoms with E-state index in [1.807, 2.05) is 30.3 Å². The summed E-state index contributed by atoms with van der Waals surface area (Å²) in [4.78, 5) is 34.0. The van der Waals surface area contributed by atoms with Gasteiger partial charge in [-0.15, -0.1) is 0 Å². The molecule has 2 heterocycles. The standard InChI is InChI=1S/C23H23FN4O4/c24-17-8-6-15(7-9-17)12-25-22(30)19-20(29)23(31)27-21(26-19)18-14-32-11-10-28(18)13-16-4-2-1-3-5-16/h1-9,18,29H,10-14H2,(H,25,30)(H,26,27,31). The predicted molar refractivity (Wildman–Crippen MR) is 115 cm³/mol. The van der Waals surface area contributed by atoms with E-state index in [2.05, 4.69) is 20.2 Å². The monoisotopic (exact) mass is 438 g/mol. The Morgan fingerprint density at radius 1 is 1.19 bits per heavy atom. The molecular formula is C23H23FN4O4. The van der Waals surface area contributed by atoms with Crippen molar-refractivity contribution in [2.24, 2.45) is 0 Å². The minimum atomic E-state index is -0.799. The molecule has 32 heavy (non-hydrogen) atoms. The normalized spacial score (nSPS) is 16.6. The van der Waals surface area contributed by atoms with Crippen molar-refractivity contribution >= 4 is 5.91 Å². The van der Waals surface area contributed by atoms with E-state index in [1.165, 1.54) is 24.3 Å². The van der Waals surface area contributed by atoms with E-state index in [0.717, 1.165) is 5.56 Å². The average Bonchev–Trinajstić information content (AvgIpc) is 2.81. The number of amides is 1. The number of hydrogen-bond donors (Lipinski definition) is 3. The molecule has 1 aliphatic rings. The number of carbonyl (C=O) groups excluding carboxylic acids is 1. The Labute approximate surface area is 183 Å². The maximum absolute atomic E-state index is 13.1. The lowest BCUT2D eigenvalue weighted by Crippen LogP contribution is -2.41. The highest BCUT2D eigenvalue weighted by Gasteiger charge is 2.29. The van der Waals surface area contributed by atoms with E-state index in [4.69, 9.17) is 4.74 Å². The molecule has 1 atom stereocenters. The molecule has 1 aromatic heterocycles. The molecule has 166 valence electrons. The second-order valence-corrected chi connectivity index (χ2v) is 7.50.